The highest BCUT2D eigenvalue weighted by molar-refractivity contribution is 6.30. The van der Waals surface area contributed by atoms with Crippen molar-refractivity contribution in [3.8, 4) is 5.75 Å². The van der Waals surface area contributed by atoms with Crippen molar-refractivity contribution in [1.29, 1.82) is 0 Å². The molecule has 0 radical (unpaired) electrons. The summed E-state index contributed by atoms with van der Waals surface area (Å²) in [5.41, 5.74) is 3.78. The van der Waals surface area contributed by atoms with E-state index in [0.29, 0.717) is 12.6 Å². The normalized spacial score (nSPS) is 11.3. The highest BCUT2D eigenvalue weighted by Crippen LogP contribution is 2.28. The fourth-order valence-electron chi connectivity index (χ4n) is 2.91. The van der Waals surface area contributed by atoms with Gasteiger partial charge in [0.25, 0.3) is 0 Å². The van der Waals surface area contributed by atoms with Gasteiger partial charge in [0, 0.05) is 16.5 Å². The third-order valence-corrected chi connectivity index (χ3v) is 4.11. The monoisotopic (exact) mass is 313 g/mol. The minimum Gasteiger partial charge on any atom is -0.487 e. The summed E-state index contributed by atoms with van der Waals surface area (Å²) in [7, 11) is 0. The molecule has 0 amide bonds. The molecule has 0 saturated carbocycles. The van der Waals surface area contributed by atoms with E-state index in [1.807, 2.05) is 24.3 Å². The number of rotatable bonds is 4. The van der Waals surface area contributed by atoms with Crippen LogP contribution < -0.4 is 4.74 Å². The van der Waals surface area contributed by atoms with E-state index in [4.69, 9.17) is 16.3 Å². The lowest BCUT2D eigenvalue weighted by Crippen LogP contribution is -2.08. The average molecular weight is 314 g/mol. The second kappa shape index (κ2) is 6.05. The van der Waals surface area contributed by atoms with Gasteiger partial charge < -0.3 is 9.30 Å². The standard InChI is InChI=1S/C19H20ClNO/c1-13(2)21-17(11-15-6-4-5-14(3)19(15)21)12-22-18-9-7-16(20)8-10-18/h4-11,13H,12H2,1-3H3. The molecule has 0 N–H and O–H groups in total. The Balaban J connectivity index is 1.94. The second-order valence-corrected chi connectivity index (χ2v) is 6.29. The van der Waals surface area contributed by atoms with Gasteiger partial charge in [0.05, 0.1) is 11.2 Å². The highest BCUT2D eigenvalue weighted by atomic mass is 35.5. The number of ether oxygens (including phenoxy) is 1. The van der Waals surface area contributed by atoms with Crippen LogP contribution in [0, 0.1) is 6.92 Å². The maximum atomic E-state index is 5.93. The van der Waals surface area contributed by atoms with Crippen molar-refractivity contribution in [3.05, 3.63) is 64.8 Å². The van der Waals surface area contributed by atoms with E-state index in [1.165, 1.54) is 22.2 Å². The molecule has 0 spiro atoms. The molecular formula is C19H20ClNO. The highest BCUT2D eigenvalue weighted by Gasteiger charge is 2.13. The zero-order chi connectivity index (χ0) is 15.7. The minimum atomic E-state index is 0.391. The van der Waals surface area contributed by atoms with E-state index in [2.05, 4.69) is 49.6 Å². The Kier molecular flexibility index (Phi) is 4.12. The number of halogens is 1. The van der Waals surface area contributed by atoms with Gasteiger partial charge >= 0.3 is 0 Å². The molecule has 1 heterocycles. The maximum Gasteiger partial charge on any atom is 0.128 e. The van der Waals surface area contributed by atoms with Crippen LogP contribution in [0.5, 0.6) is 5.75 Å². The first-order valence-corrected chi connectivity index (χ1v) is 7.92. The maximum absolute atomic E-state index is 5.93. The van der Waals surface area contributed by atoms with Crippen molar-refractivity contribution in [2.24, 2.45) is 0 Å². The van der Waals surface area contributed by atoms with Crippen LogP contribution in [0.3, 0.4) is 0 Å². The molecule has 3 rings (SSSR count). The topological polar surface area (TPSA) is 14.2 Å². The Hall–Kier alpha value is -1.93. The second-order valence-electron chi connectivity index (χ2n) is 5.85. The van der Waals surface area contributed by atoms with Gasteiger partial charge in [0.15, 0.2) is 0 Å². The molecule has 22 heavy (non-hydrogen) atoms. The number of aryl methyl sites for hydroxylation is 1. The number of hydrogen-bond acceptors (Lipinski definition) is 1. The van der Waals surface area contributed by atoms with Crippen LogP contribution in [0.2, 0.25) is 5.02 Å². The molecule has 0 aliphatic rings. The molecule has 0 saturated heterocycles. The molecule has 1 aromatic heterocycles. The van der Waals surface area contributed by atoms with Crippen molar-refractivity contribution in [2.75, 3.05) is 0 Å². The third-order valence-electron chi connectivity index (χ3n) is 3.86. The Morgan fingerprint density at radius 1 is 1.09 bits per heavy atom. The van der Waals surface area contributed by atoms with Gasteiger partial charge in [0.2, 0.25) is 0 Å². The number of aromatic nitrogens is 1. The molecule has 0 unspecified atom stereocenters. The Morgan fingerprint density at radius 3 is 2.50 bits per heavy atom. The zero-order valence-corrected chi connectivity index (χ0v) is 13.9. The quantitative estimate of drug-likeness (QED) is 0.597. The first-order chi connectivity index (χ1) is 10.6. The van der Waals surface area contributed by atoms with Crippen molar-refractivity contribution < 1.29 is 4.74 Å². The van der Waals surface area contributed by atoms with Gasteiger partial charge in [-0.25, -0.2) is 0 Å². The molecule has 3 heteroatoms. The molecular weight excluding hydrogens is 294 g/mol. The largest absolute Gasteiger partial charge is 0.487 e. The lowest BCUT2D eigenvalue weighted by atomic mass is 10.1. The first kappa shape index (κ1) is 15.0. The van der Waals surface area contributed by atoms with Crippen LogP contribution in [0.1, 0.15) is 31.1 Å². The van der Waals surface area contributed by atoms with Gasteiger partial charge in [-0.2, -0.15) is 0 Å². The van der Waals surface area contributed by atoms with Gasteiger partial charge in [-0.05, 0) is 56.7 Å². The van der Waals surface area contributed by atoms with Crippen LogP contribution in [0.4, 0.5) is 0 Å². The summed E-state index contributed by atoms with van der Waals surface area (Å²) in [5, 5.41) is 1.99. The summed E-state index contributed by atoms with van der Waals surface area (Å²) in [5.74, 6) is 0.835. The van der Waals surface area contributed by atoms with Crippen molar-refractivity contribution in [2.45, 2.75) is 33.4 Å². The predicted octanol–water partition coefficient (Wildman–Crippen LogP) is 5.76. The van der Waals surface area contributed by atoms with Crippen molar-refractivity contribution in [1.82, 2.24) is 4.57 Å². The summed E-state index contributed by atoms with van der Waals surface area (Å²) in [4.78, 5) is 0. The molecule has 114 valence electrons. The van der Waals surface area contributed by atoms with Crippen LogP contribution in [0.15, 0.2) is 48.5 Å². The lowest BCUT2D eigenvalue weighted by molar-refractivity contribution is 0.293. The Bertz CT molecular complexity index is 787. The molecule has 0 aliphatic heterocycles. The Labute approximate surface area is 136 Å². The van der Waals surface area contributed by atoms with Crippen LogP contribution >= 0.6 is 11.6 Å². The molecule has 0 bridgehead atoms. The van der Waals surface area contributed by atoms with E-state index in [1.54, 1.807) is 0 Å². The smallest absolute Gasteiger partial charge is 0.128 e. The third kappa shape index (κ3) is 2.84. The summed E-state index contributed by atoms with van der Waals surface area (Å²) in [6.07, 6.45) is 0. The fourth-order valence-corrected chi connectivity index (χ4v) is 3.03. The van der Waals surface area contributed by atoms with Crippen LogP contribution in [0.25, 0.3) is 10.9 Å². The summed E-state index contributed by atoms with van der Waals surface area (Å²) in [6.45, 7) is 7.12. The fraction of sp³-hybridized carbons (Fsp3) is 0.263. The van der Waals surface area contributed by atoms with E-state index in [-0.39, 0.29) is 0 Å². The first-order valence-electron chi connectivity index (χ1n) is 7.54. The average Bonchev–Trinajstić information content (AvgIpc) is 2.87. The van der Waals surface area contributed by atoms with Gasteiger partial charge in [-0.1, -0.05) is 29.8 Å². The molecule has 2 nitrogen and oxygen atoms in total. The number of benzene rings is 2. The summed E-state index contributed by atoms with van der Waals surface area (Å²) in [6, 6.07) is 16.5. The summed E-state index contributed by atoms with van der Waals surface area (Å²) < 4.78 is 8.29. The zero-order valence-electron chi connectivity index (χ0n) is 13.1. The van der Waals surface area contributed by atoms with Crippen LogP contribution in [-0.2, 0) is 6.61 Å². The number of hydrogen-bond donors (Lipinski definition) is 0. The summed E-state index contributed by atoms with van der Waals surface area (Å²) >= 11 is 5.91. The van der Waals surface area contributed by atoms with Crippen molar-refractivity contribution in [3.63, 3.8) is 0 Å². The van der Waals surface area contributed by atoms with E-state index >= 15 is 0 Å². The minimum absolute atomic E-state index is 0.391. The van der Waals surface area contributed by atoms with Crippen molar-refractivity contribution >= 4 is 22.5 Å². The molecule has 3 aromatic rings. The molecule has 0 fully saturated rings. The van der Waals surface area contributed by atoms with Gasteiger partial charge in [-0.3, -0.25) is 0 Å². The number of para-hydroxylation sites is 1. The van der Waals surface area contributed by atoms with Crippen LogP contribution in [-0.4, -0.2) is 4.57 Å². The van der Waals surface area contributed by atoms with Gasteiger partial charge in [-0.15, -0.1) is 0 Å². The predicted molar refractivity (Wildman–Crippen MR) is 92.8 cm³/mol. The SMILES string of the molecule is Cc1cccc2cc(COc3ccc(Cl)cc3)n(C(C)C)c12. The lowest BCUT2D eigenvalue weighted by Gasteiger charge is -2.16. The number of nitrogens with zero attached hydrogens (tertiary/aromatic N) is 1. The molecule has 0 aliphatic carbocycles. The van der Waals surface area contributed by atoms with E-state index in [9.17, 15) is 0 Å². The van der Waals surface area contributed by atoms with E-state index < -0.39 is 0 Å². The number of fused-ring (bicyclic) bond motifs is 1. The Morgan fingerprint density at radius 2 is 1.82 bits per heavy atom. The van der Waals surface area contributed by atoms with E-state index in [0.717, 1.165) is 10.8 Å². The molecule has 2 aromatic carbocycles. The van der Waals surface area contributed by atoms with Gasteiger partial charge in [0.1, 0.15) is 12.4 Å². The molecule has 0 atom stereocenters.